The molecule has 0 spiro atoms. The van der Waals surface area contributed by atoms with Crippen molar-refractivity contribution in [3.05, 3.63) is 59.9 Å². The molecule has 2 amide bonds. The number of rotatable bonds is 9. The maximum absolute atomic E-state index is 13.7. The molecule has 10 heteroatoms. The van der Waals surface area contributed by atoms with Crippen LogP contribution in [0.3, 0.4) is 0 Å². The van der Waals surface area contributed by atoms with E-state index in [9.17, 15) is 22.4 Å². The number of nitrogens with one attached hydrogen (secondary N) is 3. The van der Waals surface area contributed by atoms with Gasteiger partial charge in [0.2, 0.25) is 21.8 Å². The Labute approximate surface area is 168 Å². The van der Waals surface area contributed by atoms with Gasteiger partial charge in [0, 0.05) is 19.3 Å². The van der Waals surface area contributed by atoms with Crippen LogP contribution >= 0.6 is 0 Å². The summed E-state index contributed by atoms with van der Waals surface area (Å²) in [5.41, 5.74) is 1.23. The molecule has 1 atom stereocenters. The van der Waals surface area contributed by atoms with Crippen LogP contribution in [0.1, 0.15) is 12.5 Å². The minimum atomic E-state index is -4.19. The zero-order chi connectivity index (χ0) is 21.4. The molecule has 2 aromatic rings. The first-order valence-electron chi connectivity index (χ1n) is 8.65. The minimum absolute atomic E-state index is 0.0827. The number of hydrogen-bond acceptors (Lipinski definition) is 5. The molecule has 0 radical (unpaired) electrons. The SMILES string of the molecule is COCC(=O)Nc1cccc(CNC(=O)[C@H](C)NS(=O)(=O)c2ccccc2F)c1. The number of amides is 2. The molecule has 0 aliphatic rings. The molecule has 0 saturated carbocycles. The zero-order valence-electron chi connectivity index (χ0n) is 15.9. The number of hydrogen-bond donors (Lipinski definition) is 3. The first-order valence-corrected chi connectivity index (χ1v) is 10.1. The van der Waals surface area contributed by atoms with Gasteiger partial charge in [0.15, 0.2) is 0 Å². The van der Waals surface area contributed by atoms with Crippen LogP contribution in [0, 0.1) is 5.82 Å². The second-order valence-electron chi connectivity index (χ2n) is 6.17. The highest BCUT2D eigenvalue weighted by molar-refractivity contribution is 7.89. The third-order valence-electron chi connectivity index (χ3n) is 3.80. The minimum Gasteiger partial charge on any atom is -0.375 e. The van der Waals surface area contributed by atoms with Crippen molar-refractivity contribution >= 4 is 27.5 Å². The van der Waals surface area contributed by atoms with Gasteiger partial charge in [0.1, 0.15) is 17.3 Å². The number of carbonyl (C=O) groups is 2. The molecule has 29 heavy (non-hydrogen) atoms. The Kier molecular flexibility index (Phi) is 7.82. The highest BCUT2D eigenvalue weighted by Gasteiger charge is 2.24. The number of carbonyl (C=O) groups excluding carboxylic acids is 2. The molecule has 0 fully saturated rings. The van der Waals surface area contributed by atoms with Crippen LogP contribution in [-0.2, 0) is 30.9 Å². The van der Waals surface area contributed by atoms with Crippen LogP contribution in [0.15, 0.2) is 53.4 Å². The fraction of sp³-hybridized carbons (Fsp3) is 0.263. The number of sulfonamides is 1. The van der Waals surface area contributed by atoms with Gasteiger partial charge in [-0.2, -0.15) is 4.72 Å². The number of benzene rings is 2. The number of ether oxygens (including phenoxy) is 1. The van der Waals surface area contributed by atoms with Crippen LogP contribution in [0.25, 0.3) is 0 Å². The summed E-state index contributed by atoms with van der Waals surface area (Å²) in [5.74, 6) is -1.80. The molecule has 3 N–H and O–H groups in total. The van der Waals surface area contributed by atoms with Gasteiger partial charge in [0.25, 0.3) is 0 Å². The second kappa shape index (κ2) is 10.1. The summed E-state index contributed by atoms with van der Waals surface area (Å²) < 4.78 is 45.1. The Morgan fingerprint density at radius 1 is 1.14 bits per heavy atom. The first-order chi connectivity index (χ1) is 13.7. The standard InChI is InChI=1S/C19H22FN3O5S/c1-13(23-29(26,27)17-9-4-3-8-16(17)20)19(25)21-11-14-6-5-7-15(10-14)22-18(24)12-28-2/h3-10,13,23H,11-12H2,1-2H3,(H,21,25)(H,22,24)/t13-/m0/s1. The fourth-order valence-electron chi connectivity index (χ4n) is 2.44. The summed E-state index contributed by atoms with van der Waals surface area (Å²) in [6, 6.07) is 10.6. The van der Waals surface area contributed by atoms with Crippen LogP contribution in [0.4, 0.5) is 10.1 Å². The van der Waals surface area contributed by atoms with Crippen molar-refractivity contribution in [2.45, 2.75) is 24.4 Å². The molecular formula is C19H22FN3O5S. The zero-order valence-corrected chi connectivity index (χ0v) is 16.8. The van der Waals surface area contributed by atoms with Gasteiger partial charge in [-0.3, -0.25) is 9.59 Å². The molecule has 0 bridgehead atoms. The van der Waals surface area contributed by atoms with Gasteiger partial charge < -0.3 is 15.4 Å². The topological polar surface area (TPSA) is 114 Å². The Hall–Kier alpha value is -2.82. The molecule has 0 unspecified atom stereocenters. The first kappa shape index (κ1) is 22.5. The van der Waals surface area contributed by atoms with Gasteiger partial charge in [-0.1, -0.05) is 24.3 Å². The van der Waals surface area contributed by atoms with E-state index in [0.717, 1.165) is 12.1 Å². The molecule has 0 saturated heterocycles. The third-order valence-corrected chi connectivity index (χ3v) is 5.38. The fourth-order valence-corrected chi connectivity index (χ4v) is 3.72. The summed E-state index contributed by atoms with van der Waals surface area (Å²) in [6.45, 7) is 1.38. The highest BCUT2D eigenvalue weighted by Crippen LogP contribution is 2.14. The van der Waals surface area contributed by atoms with Gasteiger partial charge in [0.05, 0.1) is 6.04 Å². The van der Waals surface area contributed by atoms with Gasteiger partial charge in [-0.25, -0.2) is 12.8 Å². The predicted octanol–water partition coefficient (Wildman–Crippen LogP) is 1.39. The van der Waals surface area contributed by atoms with Crippen molar-refractivity contribution in [1.82, 2.24) is 10.0 Å². The van der Waals surface area contributed by atoms with Crippen molar-refractivity contribution in [1.29, 1.82) is 0 Å². The number of methoxy groups -OCH3 is 1. The molecule has 156 valence electrons. The summed E-state index contributed by atoms with van der Waals surface area (Å²) in [4.78, 5) is 23.3. The predicted molar refractivity (Wildman–Crippen MR) is 105 cm³/mol. The lowest BCUT2D eigenvalue weighted by atomic mass is 10.2. The molecule has 0 heterocycles. The third kappa shape index (κ3) is 6.63. The average Bonchev–Trinajstić information content (AvgIpc) is 2.66. The molecule has 0 aromatic heterocycles. The van der Waals surface area contributed by atoms with E-state index in [1.54, 1.807) is 24.3 Å². The lowest BCUT2D eigenvalue weighted by Crippen LogP contribution is -2.44. The molecule has 0 aliphatic carbocycles. The Morgan fingerprint density at radius 3 is 2.55 bits per heavy atom. The largest absolute Gasteiger partial charge is 0.375 e. The van der Waals surface area contributed by atoms with E-state index < -0.39 is 32.7 Å². The van der Waals surface area contributed by atoms with Crippen molar-refractivity contribution < 1.29 is 27.1 Å². The van der Waals surface area contributed by atoms with Gasteiger partial charge in [-0.05, 0) is 36.8 Å². The molecular weight excluding hydrogens is 401 g/mol. The van der Waals surface area contributed by atoms with Crippen molar-refractivity contribution in [3.63, 3.8) is 0 Å². The van der Waals surface area contributed by atoms with E-state index >= 15 is 0 Å². The Balaban J connectivity index is 1.95. The smallest absolute Gasteiger partial charge is 0.250 e. The summed E-state index contributed by atoms with van der Waals surface area (Å²) in [7, 11) is -2.78. The Bertz CT molecular complexity index is 981. The maximum atomic E-state index is 13.7. The van der Waals surface area contributed by atoms with Crippen molar-refractivity contribution in [2.24, 2.45) is 0 Å². The van der Waals surface area contributed by atoms with E-state index in [1.165, 1.54) is 26.2 Å². The van der Waals surface area contributed by atoms with Crippen LogP contribution < -0.4 is 15.4 Å². The van der Waals surface area contributed by atoms with E-state index in [0.29, 0.717) is 11.3 Å². The van der Waals surface area contributed by atoms with Crippen molar-refractivity contribution in [3.8, 4) is 0 Å². The maximum Gasteiger partial charge on any atom is 0.250 e. The average molecular weight is 423 g/mol. The normalized spacial score (nSPS) is 12.2. The number of halogens is 1. The van der Waals surface area contributed by atoms with Gasteiger partial charge >= 0.3 is 0 Å². The molecule has 0 aliphatic heterocycles. The summed E-state index contributed by atoms with van der Waals surface area (Å²) in [6.07, 6.45) is 0. The monoisotopic (exact) mass is 423 g/mol. The van der Waals surface area contributed by atoms with E-state index in [4.69, 9.17) is 4.74 Å². The Morgan fingerprint density at radius 2 is 1.86 bits per heavy atom. The highest BCUT2D eigenvalue weighted by atomic mass is 32.2. The van der Waals surface area contributed by atoms with E-state index in [2.05, 4.69) is 15.4 Å². The molecule has 8 nitrogen and oxygen atoms in total. The van der Waals surface area contributed by atoms with Crippen LogP contribution in [0.2, 0.25) is 0 Å². The number of anilines is 1. The van der Waals surface area contributed by atoms with Crippen LogP contribution in [0.5, 0.6) is 0 Å². The lowest BCUT2D eigenvalue weighted by Gasteiger charge is -2.15. The van der Waals surface area contributed by atoms with Gasteiger partial charge in [-0.15, -0.1) is 0 Å². The summed E-state index contributed by atoms with van der Waals surface area (Å²) >= 11 is 0. The quantitative estimate of drug-likeness (QED) is 0.564. The van der Waals surface area contributed by atoms with Crippen molar-refractivity contribution in [2.75, 3.05) is 19.0 Å². The summed E-state index contributed by atoms with van der Waals surface area (Å²) in [5, 5.41) is 5.24. The molecule has 2 rings (SSSR count). The lowest BCUT2D eigenvalue weighted by molar-refractivity contribution is -0.122. The van der Waals surface area contributed by atoms with Crippen LogP contribution in [-0.4, -0.2) is 40.0 Å². The molecule has 2 aromatic carbocycles. The second-order valence-corrected chi connectivity index (χ2v) is 7.86. The van der Waals surface area contributed by atoms with E-state index in [1.807, 2.05) is 0 Å². The van der Waals surface area contributed by atoms with E-state index in [-0.39, 0.29) is 19.1 Å².